The van der Waals surface area contributed by atoms with Crippen LogP contribution in [0.15, 0.2) is 0 Å². The molecule has 0 spiro atoms. The van der Waals surface area contributed by atoms with Gasteiger partial charge in [0, 0.05) is 7.05 Å². The van der Waals surface area contributed by atoms with Gasteiger partial charge in [-0.15, -0.1) is 6.42 Å². The second kappa shape index (κ2) is 8.68. The molecule has 0 bridgehead atoms. The van der Waals surface area contributed by atoms with E-state index >= 15 is 0 Å². The van der Waals surface area contributed by atoms with Crippen molar-refractivity contribution in [2.24, 2.45) is 0 Å². The van der Waals surface area contributed by atoms with E-state index < -0.39 is 6.04 Å². The van der Waals surface area contributed by atoms with E-state index in [2.05, 4.69) is 10.6 Å². The van der Waals surface area contributed by atoms with Crippen LogP contribution in [0.25, 0.3) is 0 Å². The van der Waals surface area contributed by atoms with Gasteiger partial charge in [0.05, 0.1) is 6.04 Å². The molecular weight excluding hydrogens is 220 g/mol. The Hall–Kier alpha value is 0.581. The van der Waals surface area contributed by atoms with Crippen LogP contribution in [0.2, 0.25) is 0 Å². The van der Waals surface area contributed by atoms with Crippen LogP contribution in [0.1, 0.15) is 7.85 Å². The van der Waals surface area contributed by atoms with Crippen molar-refractivity contribution in [2.75, 3.05) is 14.1 Å². The molecule has 0 rings (SSSR count). The van der Waals surface area contributed by atoms with Gasteiger partial charge in [-0.2, -0.15) is 0 Å². The normalized spacial score (nSPS) is 11.1. The average Bonchev–Trinajstić information content (AvgIpc) is 1.99. The van der Waals surface area contributed by atoms with E-state index in [1.54, 1.807) is 13.3 Å². The quantitative estimate of drug-likeness (QED) is 0.460. The first-order chi connectivity index (χ1) is 4.76. The number of nitrogens with one attached hydrogen (secondary N) is 2. The number of hydrogen-bond donors (Lipinski definition) is 2. The van der Waals surface area contributed by atoms with Gasteiger partial charge in [-0.3, -0.25) is 11.1 Å². The minimum atomic E-state index is -0.442. The fourth-order valence-corrected chi connectivity index (χ4v) is 0.583. The van der Waals surface area contributed by atoms with Gasteiger partial charge in [0.1, 0.15) is 0 Å². The topological polar surface area (TPSA) is 58.2 Å². The van der Waals surface area contributed by atoms with E-state index in [-0.39, 0.29) is 59.2 Å². The van der Waals surface area contributed by atoms with Crippen molar-refractivity contribution in [1.82, 2.24) is 10.6 Å². The molecular formula is C6H12N2O2Sr. The van der Waals surface area contributed by atoms with Gasteiger partial charge < -0.3 is 16.9 Å². The number of hydrogen-bond acceptors (Lipinski definition) is 3. The molecule has 0 aliphatic carbocycles. The van der Waals surface area contributed by atoms with Crippen molar-refractivity contribution in [1.29, 1.82) is 0 Å². The molecule has 0 aromatic heterocycles. The molecule has 0 aromatic carbocycles. The second-order valence-electron chi connectivity index (χ2n) is 1.80. The van der Waals surface area contributed by atoms with E-state index in [4.69, 9.17) is 0 Å². The van der Waals surface area contributed by atoms with Gasteiger partial charge >= 0.3 is 45.5 Å². The zero-order valence-corrected chi connectivity index (χ0v) is 10.3. The maximum Gasteiger partial charge on any atom is 2.00 e. The molecule has 0 saturated carbocycles. The number of likely N-dealkylation sites (N-methyl/N-ethyl adjacent to an activating group) is 2. The third-order valence-corrected chi connectivity index (χ3v) is 1.20. The Balaban J connectivity index is -0.000000405. The molecule has 0 aliphatic heterocycles. The molecule has 0 heterocycles. The Bertz CT molecular complexity index is 135. The SMILES string of the molecule is CNC(=O)[C@H](C[C-]=O)NC.[H-].[Sr+2]. The third-order valence-electron chi connectivity index (χ3n) is 1.20. The largest absolute Gasteiger partial charge is 2.00 e. The monoisotopic (exact) mass is 232 g/mol. The first kappa shape index (κ1) is 14.1. The summed E-state index contributed by atoms with van der Waals surface area (Å²) in [6.45, 7) is 0. The van der Waals surface area contributed by atoms with E-state index in [1.807, 2.05) is 0 Å². The summed E-state index contributed by atoms with van der Waals surface area (Å²) in [5.41, 5.74) is 0. The van der Waals surface area contributed by atoms with Crippen molar-refractivity contribution in [3.63, 3.8) is 0 Å². The summed E-state index contributed by atoms with van der Waals surface area (Å²) < 4.78 is 0. The van der Waals surface area contributed by atoms with Gasteiger partial charge in [-0.05, 0) is 7.05 Å². The van der Waals surface area contributed by atoms with E-state index in [9.17, 15) is 9.59 Å². The molecule has 0 radical (unpaired) electrons. The Morgan fingerprint density at radius 1 is 1.64 bits per heavy atom. The molecule has 11 heavy (non-hydrogen) atoms. The third kappa shape index (κ3) is 5.81. The van der Waals surface area contributed by atoms with Crippen LogP contribution in [0.4, 0.5) is 0 Å². The maximum absolute atomic E-state index is 10.8. The van der Waals surface area contributed by atoms with Crippen LogP contribution in [-0.2, 0) is 9.59 Å². The van der Waals surface area contributed by atoms with Crippen molar-refractivity contribution in [3.8, 4) is 0 Å². The Morgan fingerprint density at radius 2 is 2.18 bits per heavy atom. The molecule has 2 N–H and O–H groups in total. The maximum atomic E-state index is 10.8. The predicted molar refractivity (Wildman–Crippen MR) is 44.1 cm³/mol. The summed E-state index contributed by atoms with van der Waals surface area (Å²) in [5.74, 6) is -0.189. The summed E-state index contributed by atoms with van der Waals surface area (Å²) in [6, 6.07) is -0.442. The molecule has 0 aromatic rings. The number of carbonyl (C=O) groups is 1. The minimum Gasteiger partial charge on any atom is -1.00 e. The minimum absolute atomic E-state index is 0. The van der Waals surface area contributed by atoms with E-state index in [0.717, 1.165) is 0 Å². The fraction of sp³-hybridized carbons (Fsp3) is 0.667. The molecule has 0 aliphatic rings. The smallest absolute Gasteiger partial charge is 1.00 e. The van der Waals surface area contributed by atoms with Gasteiger partial charge in [0.25, 0.3) is 0 Å². The first-order valence-corrected chi connectivity index (χ1v) is 3.00. The van der Waals surface area contributed by atoms with Gasteiger partial charge in [0.2, 0.25) is 5.91 Å². The summed E-state index contributed by atoms with van der Waals surface area (Å²) in [6.07, 6.45) is 1.75. The van der Waals surface area contributed by atoms with Crippen LogP contribution in [0.5, 0.6) is 0 Å². The zero-order chi connectivity index (χ0) is 7.98. The van der Waals surface area contributed by atoms with Crippen molar-refractivity contribution in [2.45, 2.75) is 12.5 Å². The van der Waals surface area contributed by atoms with Gasteiger partial charge in [-0.1, -0.05) is 0 Å². The molecule has 1 atom stereocenters. The first-order valence-electron chi connectivity index (χ1n) is 3.00. The Kier molecular flexibility index (Phi) is 11.1. The standard InChI is InChI=1S/C6H11N2O2.Sr.H/c1-7-5(3-4-9)6(10)8-2;;/h5,7H,3H2,1-2H3,(H,8,10);;/q-1;+2;-1/t5-;;/m0../s1. The number of rotatable bonds is 4. The Labute approximate surface area is 105 Å². The average molecular weight is 232 g/mol. The molecule has 0 fully saturated rings. The van der Waals surface area contributed by atoms with Crippen LogP contribution >= 0.6 is 0 Å². The van der Waals surface area contributed by atoms with E-state index in [1.165, 1.54) is 7.05 Å². The summed E-state index contributed by atoms with van der Waals surface area (Å²) in [5, 5.41) is 5.10. The van der Waals surface area contributed by atoms with Crippen LogP contribution in [0, 0.1) is 0 Å². The van der Waals surface area contributed by atoms with Gasteiger partial charge in [-0.25, -0.2) is 0 Å². The number of amides is 1. The predicted octanol–water partition coefficient (Wildman–Crippen LogP) is -1.45. The van der Waals surface area contributed by atoms with E-state index in [0.29, 0.717) is 0 Å². The molecule has 60 valence electrons. The zero-order valence-electron chi connectivity index (χ0n) is 7.81. The summed E-state index contributed by atoms with van der Waals surface area (Å²) in [7, 11) is 3.15. The Morgan fingerprint density at radius 3 is 2.45 bits per heavy atom. The molecule has 0 unspecified atom stereocenters. The second-order valence-corrected chi connectivity index (χ2v) is 1.80. The van der Waals surface area contributed by atoms with Crippen molar-refractivity contribution >= 4 is 57.7 Å². The van der Waals surface area contributed by atoms with Crippen molar-refractivity contribution in [3.05, 3.63) is 0 Å². The van der Waals surface area contributed by atoms with Crippen LogP contribution < -0.4 is 10.6 Å². The number of carbonyl (C=O) groups excluding carboxylic acids is 2. The molecule has 4 nitrogen and oxygen atoms in total. The molecule has 1 amide bonds. The van der Waals surface area contributed by atoms with Crippen LogP contribution in [-0.4, -0.2) is 77.8 Å². The van der Waals surface area contributed by atoms with Crippen molar-refractivity contribution < 1.29 is 11.0 Å². The van der Waals surface area contributed by atoms with Gasteiger partial charge in [0.15, 0.2) is 0 Å². The van der Waals surface area contributed by atoms with Crippen LogP contribution in [0.3, 0.4) is 0 Å². The fourth-order valence-electron chi connectivity index (χ4n) is 0.583. The molecule has 5 heteroatoms. The summed E-state index contributed by atoms with van der Waals surface area (Å²) in [4.78, 5) is 20.6. The summed E-state index contributed by atoms with van der Waals surface area (Å²) >= 11 is 0. The molecule has 0 saturated heterocycles.